The molecule has 4 atom stereocenters. The number of nitrogens with one attached hydrogen (secondary N) is 1. The number of anilines is 1. The first-order valence-electron chi connectivity index (χ1n) is 10.6. The minimum atomic E-state index is -3.97. The molecule has 34 heavy (non-hydrogen) atoms. The summed E-state index contributed by atoms with van der Waals surface area (Å²) in [6.07, 6.45) is 1.60. The summed E-state index contributed by atoms with van der Waals surface area (Å²) in [5.41, 5.74) is 7.38. The number of hydrogen-bond acceptors (Lipinski definition) is 5. The van der Waals surface area contributed by atoms with Crippen molar-refractivity contribution in [1.82, 2.24) is 0 Å². The van der Waals surface area contributed by atoms with Crippen molar-refractivity contribution in [1.29, 1.82) is 0 Å². The summed E-state index contributed by atoms with van der Waals surface area (Å²) in [6, 6.07) is 6.65. The van der Waals surface area contributed by atoms with Crippen LogP contribution < -0.4 is 5.32 Å². The van der Waals surface area contributed by atoms with Gasteiger partial charge in [-0.1, -0.05) is 16.7 Å². The van der Waals surface area contributed by atoms with E-state index in [2.05, 4.69) is 15.3 Å². The van der Waals surface area contributed by atoms with E-state index in [-0.39, 0.29) is 52.4 Å². The molecule has 2 N–H and O–H groups in total. The Morgan fingerprint density at radius 3 is 2.47 bits per heavy atom. The van der Waals surface area contributed by atoms with Gasteiger partial charge in [0.1, 0.15) is 0 Å². The molecule has 2 saturated carbocycles. The van der Waals surface area contributed by atoms with Crippen molar-refractivity contribution < 1.29 is 27.1 Å². The first-order valence-corrected chi connectivity index (χ1v) is 12.5. The lowest BCUT2D eigenvalue weighted by molar-refractivity contribution is -0.0496. The molecule has 0 aromatic heterocycles. The van der Waals surface area contributed by atoms with Crippen molar-refractivity contribution in [2.45, 2.75) is 41.4 Å². The highest BCUT2D eigenvalue weighted by atomic mass is 35.5. The molecular weight excluding hydrogens is 490 g/mol. The fourth-order valence-electron chi connectivity index (χ4n) is 5.09. The Balaban J connectivity index is 1.58. The average molecular weight is 511 g/mol. The predicted octanol–water partition coefficient (Wildman–Crippen LogP) is 4.87. The maximum atomic E-state index is 13.5. The van der Waals surface area contributed by atoms with Crippen molar-refractivity contribution in [3.63, 3.8) is 0 Å². The van der Waals surface area contributed by atoms with E-state index in [4.69, 9.17) is 17.1 Å². The van der Waals surface area contributed by atoms with Crippen LogP contribution in [0.3, 0.4) is 0 Å². The van der Waals surface area contributed by atoms with Crippen LogP contribution in [0.2, 0.25) is 5.02 Å². The largest absolute Gasteiger partial charge is 0.389 e. The number of rotatable bonds is 6. The van der Waals surface area contributed by atoms with Crippen LogP contribution in [0.15, 0.2) is 46.4 Å². The molecule has 2 bridgehead atoms. The Labute approximate surface area is 199 Å². The zero-order chi connectivity index (χ0) is 24.7. The molecule has 180 valence electrons. The molecule has 2 fully saturated rings. The summed E-state index contributed by atoms with van der Waals surface area (Å²) in [5, 5.41) is 16.1. The van der Waals surface area contributed by atoms with Crippen LogP contribution >= 0.6 is 11.6 Å². The van der Waals surface area contributed by atoms with Crippen molar-refractivity contribution in [2.24, 2.45) is 17.0 Å². The van der Waals surface area contributed by atoms with Gasteiger partial charge in [0.25, 0.3) is 5.91 Å². The molecule has 2 aromatic rings. The second kappa shape index (κ2) is 9.14. The lowest BCUT2D eigenvalue weighted by Crippen LogP contribution is -2.50. The molecule has 1 unspecified atom stereocenters. The first kappa shape index (κ1) is 24.4. The number of benzene rings is 2. The third-order valence-electron chi connectivity index (χ3n) is 6.88. The van der Waals surface area contributed by atoms with Gasteiger partial charge in [-0.25, -0.2) is 17.2 Å². The highest BCUT2D eigenvalue weighted by Crippen LogP contribution is 2.52. The summed E-state index contributed by atoms with van der Waals surface area (Å²) in [7, 11) is -3.97. The van der Waals surface area contributed by atoms with Crippen LogP contribution in [0.4, 0.5) is 14.5 Å². The summed E-state index contributed by atoms with van der Waals surface area (Å²) >= 11 is 6.21. The summed E-state index contributed by atoms with van der Waals surface area (Å²) in [6.45, 7) is -0.105. The Bertz CT molecular complexity index is 1290. The van der Waals surface area contributed by atoms with E-state index in [1.165, 1.54) is 18.2 Å². The molecule has 8 nitrogen and oxygen atoms in total. The number of carbonyl (C=O) groups is 1. The van der Waals surface area contributed by atoms with E-state index in [1.807, 2.05) is 0 Å². The van der Waals surface area contributed by atoms with Gasteiger partial charge in [-0.15, -0.1) is 0 Å². The quantitative estimate of drug-likeness (QED) is 0.325. The SMILES string of the molecule is [N-]=[N+]=NC[C@@]1(O)C2CC[C@H]1C[C@H](S(=O)(=O)c1cc(C(=O)Nc3ccc(F)c(F)c3)ccc1Cl)C2. The molecule has 0 heterocycles. The van der Waals surface area contributed by atoms with Gasteiger partial charge in [-0.3, -0.25) is 4.79 Å². The molecule has 4 rings (SSSR count). The number of aliphatic hydroxyl groups is 1. The minimum Gasteiger partial charge on any atom is -0.389 e. The third-order valence-corrected chi connectivity index (χ3v) is 9.53. The van der Waals surface area contributed by atoms with E-state index in [0.717, 1.165) is 18.2 Å². The van der Waals surface area contributed by atoms with E-state index < -0.39 is 38.2 Å². The van der Waals surface area contributed by atoms with Crippen LogP contribution in [0.25, 0.3) is 10.4 Å². The Kier molecular flexibility index (Phi) is 6.56. The van der Waals surface area contributed by atoms with Gasteiger partial charge in [-0.2, -0.15) is 0 Å². The summed E-state index contributed by atoms with van der Waals surface area (Å²) in [5.74, 6) is -3.59. The van der Waals surface area contributed by atoms with Gasteiger partial charge in [0, 0.05) is 22.2 Å². The normalized spacial score (nSPS) is 26.1. The molecule has 0 spiro atoms. The van der Waals surface area contributed by atoms with Crippen molar-refractivity contribution >= 4 is 33.0 Å². The molecular formula is C22H21ClF2N4O4S. The molecule has 0 saturated heterocycles. The number of sulfone groups is 1. The monoisotopic (exact) mass is 510 g/mol. The Morgan fingerprint density at radius 2 is 1.85 bits per heavy atom. The molecule has 2 aromatic carbocycles. The molecule has 1 amide bonds. The number of halogens is 3. The van der Waals surface area contributed by atoms with Crippen molar-refractivity contribution in [2.75, 3.05) is 11.9 Å². The number of carbonyl (C=O) groups excluding carboxylic acids is 1. The van der Waals surface area contributed by atoms with Gasteiger partial charge in [-0.05, 0) is 73.4 Å². The number of fused-ring (bicyclic) bond motifs is 2. The number of azide groups is 1. The molecule has 12 heteroatoms. The van der Waals surface area contributed by atoms with Gasteiger partial charge in [0.15, 0.2) is 21.5 Å². The molecule has 2 aliphatic carbocycles. The van der Waals surface area contributed by atoms with Crippen molar-refractivity contribution in [3.05, 3.63) is 69.1 Å². The first-order chi connectivity index (χ1) is 16.1. The number of hydrogen-bond donors (Lipinski definition) is 2. The van der Waals surface area contributed by atoms with E-state index in [1.54, 1.807) is 0 Å². The van der Waals surface area contributed by atoms with Crippen LogP contribution in [-0.2, 0) is 9.84 Å². The lowest BCUT2D eigenvalue weighted by atomic mass is 9.74. The Hall–Kier alpha value is -2.72. The molecule has 0 aliphatic heterocycles. The molecule has 2 aliphatic rings. The average Bonchev–Trinajstić information content (AvgIpc) is 2.96. The maximum absolute atomic E-state index is 13.5. The Morgan fingerprint density at radius 1 is 1.18 bits per heavy atom. The lowest BCUT2D eigenvalue weighted by Gasteiger charge is -2.41. The predicted molar refractivity (Wildman–Crippen MR) is 121 cm³/mol. The van der Waals surface area contributed by atoms with Crippen LogP contribution in [0.5, 0.6) is 0 Å². The van der Waals surface area contributed by atoms with Gasteiger partial charge < -0.3 is 10.4 Å². The van der Waals surface area contributed by atoms with Gasteiger partial charge >= 0.3 is 0 Å². The zero-order valence-electron chi connectivity index (χ0n) is 17.8. The molecule has 0 radical (unpaired) electrons. The standard InChI is InChI=1S/C22H21ClF2N4O4S/c23-17-5-1-12(21(30)28-15-4-6-18(24)19(25)10-15)7-20(17)34(32,33)16-8-13-2-3-14(9-16)22(13,31)11-27-29-26/h1,4-7,10,13-14,16,31H,2-3,8-9,11H2,(H,28,30)/t13-,14?,16-,22-/m0/s1. The van der Waals surface area contributed by atoms with Crippen LogP contribution in [0, 0.1) is 23.5 Å². The number of amides is 1. The third kappa shape index (κ3) is 4.36. The van der Waals surface area contributed by atoms with Gasteiger partial charge in [0.05, 0.1) is 27.3 Å². The maximum Gasteiger partial charge on any atom is 0.255 e. The van der Waals surface area contributed by atoms with Crippen LogP contribution in [0.1, 0.15) is 36.0 Å². The number of nitrogens with zero attached hydrogens (tertiary/aromatic N) is 3. The topological polar surface area (TPSA) is 132 Å². The smallest absolute Gasteiger partial charge is 0.255 e. The van der Waals surface area contributed by atoms with E-state index in [0.29, 0.717) is 12.8 Å². The fraction of sp³-hybridized carbons (Fsp3) is 0.409. The fourth-order valence-corrected chi connectivity index (χ4v) is 7.49. The zero-order valence-corrected chi connectivity index (χ0v) is 19.4. The van der Waals surface area contributed by atoms with Crippen molar-refractivity contribution in [3.8, 4) is 0 Å². The van der Waals surface area contributed by atoms with E-state index >= 15 is 0 Å². The summed E-state index contributed by atoms with van der Waals surface area (Å²) < 4.78 is 53.6. The minimum absolute atomic E-state index is 0.00595. The van der Waals surface area contributed by atoms with E-state index in [9.17, 15) is 27.1 Å². The highest BCUT2D eigenvalue weighted by molar-refractivity contribution is 7.92. The second-order valence-corrected chi connectivity index (χ2v) is 11.3. The van der Waals surface area contributed by atoms with Gasteiger partial charge in [0.2, 0.25) is 0 Å². The highest BCUT2D eigenvalue weighted by Gasteiger charge is 2.55. The summed E-state index contributed by atoms with van der Waals surface area (Å²) in [4.78, 5) is 15.1. The second-order valence-electron chi connectivity index (χ2n) is 8.72. The van der Waals surface area contributed by atoms with Crippen LogP contribution in [-0.4, -0.2) is 36.8 Å².